The van der Waals surface area contributed by atoms with Gasteiger partial charge in [0.05, 0.1) is 18.5 Å². The van der Waals surface area contributed by atoms with Crippen molar-refractivity contribution in [3.8, 4) is 17.0 Å². The first-order valence-electron chi connectivity index (χ1n) is 5.44. The molecule has 0 fully saturated rings. The van der Waals surface area contributed by atoms with E-state index < -0.39 is 0 Å². The molecular formula is C13H16N2OS. The van der Waals surface area contributed by atoms with Gasteiger partial charge in [-0.05, 0) is 36.8 Å². The van der Waals surface area contributed by atoms with Gasteiger partial charge in [-0.2, -0.15) is 17.7 Å². The Morgan fingerprint density at radius 3 is 2.65 bits per heavy atom. The minimum atomic E-state index is 0.656. The van der Waals surface area contributed by atoms with Crippen LogP contribution in [0.15, 0.2) is 24.3 Å². The Morgan fingerprint density at radius 2 is 2.12 bits per heavy atom. The summed E-state index contributed by atoms with van der Waals surface area (Å²) in [7, 11) is 3.63. The minimum Gasteiger partial charge on any atom is -0.496 e. The molecule has 0 bridgehead atoms. The van der Waals surface area contributed by atoms with Crippen molar-refractivity contribution in [1.82, 2.24) is 9.78 Å². The first-order valence-corrected chi connectivity index (χ1v) is 6.07. The van der Waals surface area contributed by atoms with Crippen LogP contribution in [0.2, 0.25) is 0 Å². The molecule has 17 heavy (non-hydrogen) atoms. The summed E-state index contributed by atoms with van der Waals surface area (Å²) in [5, 5.41) is 4.39. The molecule has 0 atom stereocenters. The maximum Gasteiger partial charge on any atom is 0.121 e. The predicted molar refractivity (Wildman–Crippen MR) is 72.6 cm³/mol. The van der Waals surface area contributed by atoms with Crippen LogP contribution in [0.3, 0.4) is 0 Å². The zero-order valence-corrected chi connectivity index (χ0v) is 11.2. The fourth-order valence-corrected chi connectivity index (χ4v) is 2.07. The van der Waals surface area contributed by atoms with Crippen LogP contribution in [-0.2, 0) is 12.8 Å². The van der Waals surface area contributed by atoms with Crippen LogP contribution in [0.25, 0.3) is 11.3 Å². The Kier molecular flexibility index (Phi) is 3.43. The quantitative estimate of drug-likeness (QED) is 0.846. The van der Waals surface area contributed by atoms with Gasteiger partial charge >= 0.3 is 0 Å². The second-order valence-electron chi connectivity index (χ2n) is 3.99. The van der Waals surface area contributed by atoms with Crippen LogP contribution in [0, 0.1) is 6.92 Å². The lowest BCUT2D eigenvalue weighted by Crippen LogP contribution is -1.95. The number of benzene rings is 1. The van der Waals surface area contributed by atoms with E-state index in [2.05, 4.69) is 29.9 Å². The Balaban J connectivity index is 2.45. The third-order valence-corrected chi connectivity index (χ3v) is 3.11. The summed E-state index contributed by atoms with van der Waals surface area (Å²) in [6, 6.07) is 8.20. The van der Waals surface area contributed by atoms with E-state index in [1.54, 1.807) is 7.11 Å². The fraction of sp³-hybridized carbons (Fsp3) is 0.308. The van der Waals surface area contributed by atoms with Crippen molar-refractivity contribution in [1.29, 1.82) is 0 Å². The molecule has 0 saturated carbocycles. The molecule has 0 aliphatic heterocycles. The molecule has 1 aromatic heterocycles. The molecule has 3 nitrogen and oxygen atoms in total. The van der Waals surface area contributed by atoms with Crippen LogP contribution in [0.5, 0.6) is 5.75 Å². The van der Waals surface area contributed by atoms with E-state index in [0.29, 0.717) is 5.75 Å². The van der Waals surface area contributed by atoms with Crippen LogP contribution >= 0.6 is 12.6 Å². The van der Waals surface area contributed by atoms with Gasteiger partial charge < -0.3 is 4.74 Å². The van der Waals surface area contributed by atoms with E-state index in [9.17, 15) is 0 Å². The van der Waals surface area contributed by atoms with Gasteiger partial charge in [0.2, 0.25) is 0 Å². The van der Waals surface area contributed by atoms with Gasteiger partial charge in [-0.1, -0.05) is 0 Å². The molecule has 0 spiro atoms. The summed E-state index contributed by atoms with van der Waals surface area (Å²) < 4.78 is 7.14. The number of hydrogen-bond donors (Lipinski definition) is 1. The second kappa shape index (κ2) is 4.84. The lowest BCUT2D eigenvalue weighted by molar-refractivity contribution is 0.412. The average Bonchev–Trinajstić information content (AvgIpc) is 2.70. The summed E-state index contributed by atoms with van der Waals surface area (Å²) >= 11 is 4.24. The Hall–Kier alpha value is -1.42. The van der Waals surface area contributed by atoms with Crippen molar-refractivity contribution < 1.29 is 4.74 Å². The highest BCUT2D eigenvalue weighted by Gasteiger charge is 2.08. The molecule has 0 amide bonds. The highest BCUT2D eigenvalue weighted by atomic mass is 32.1. The first kappa shape index (κ1) is 12.0. The number of thiol groups is 1. The zero-order chi connectivity index (χ0) is 12.4. The van der Waals surface area contributed by atoms with Gasteiger partial charge in [-0.15, -0.1) is 0 Å². The number of rotatable bonds is 3. The normalized spacial score (nSPS) is 10.6. The van der Waals surface area contributed by atoms with Gasteiger partial charge in [-0.25, -0.2) is 0 Å². The van der Waals surface area contributed by atoms with E-state index >= 15 is 0 Å². The van der Waals surface area contributed by atoms with Gasteiger partial charge in [-0.3, -0.25) is 4.68 Å². The smallest absolute Gasteiger partial charge is 0.121 e. The van der Waals surface area contributed by atoms with Crippen LogP contribution in [0.1, 0.15) is 11.3 Å². The van der Waals surface area contributed by atoms with Crippen LogP contribution < -0.4 is 4.74 Å². The van der Waals surface area contributed by atoms with E-state index in [-0.39, 0.29) is 0 Å². The number of ether oxygens (including phenoxy) is 1. The third-order valence-electron chi connectivity index (χ3n) is 2.78. The predicted octanol–water partition coefficient (Wildman–Crippen LogP) is 2.83. The molecule has 1 heterocycles. The number of hydrogen-bond acceptors (Lipinski definition) is 3. The van der Waals surface area contributed by atoms with Crippen molar-refractivity contribution in [3.05, 3.63) is 35.5 Å². The maximum atomic E-state index is 5.26. The van der Waals surface area contributed by atoms with Gasteiger partial charge in [0.25, 0.3) is 0 Å². The maximum absolute atomic E-state index is 5.26. The van der Waals surface area contributed by atoms with Gasteiger partial charge in [0.15, 0.2) is 0 Å². The largest absolute Gasteiger partial charge is 0.496 e. The molecule has 0 N–H and O–H groups in total. The number of methoxy groups -OCH3 is 1. The molecule has 1 aromatic carbocycles. The molecule has 0 aliphatic rings. The summed E-state index contributed by atoms with van der Waals surface area (Å²) in [5.41, 5.74) is 4.35. The fourth-order valence-electron chi connectivity index (χ4n) is 1.91. The second-order valence-corrected chi connectivity index (χ2v) is 4.30. The molecule has 0 saturated heterocycles. The Morgan fingerprint density at radius 1 is 1.35 bits per heavy atom. The number of aryl methyl sites for hydroxylation is 2. The van der Waals surface area contributed by atoms with E-state index in [4.69, 9.17) is 4.74 Å². The number of aromatic nitrogens is 2. The third kappa shape index (κ3) is 2.31. The van der Waals surface area contributed by atoms with Crippen molar-refractivity contribution in [2.24, 2.45) is 7.05 Å². The van der Waals surface area contributed by atoms with E-state index in [0.717, 1.165) is 28.3 Å². The standard InChI is InChI=1S/C13H16N2OS/c1-9-6-10(4-5-13(9)16-3)12-7-11(8-17)14-15(12)2/h4-7,17H,8H2,1-3H3. The monoisotopic (exact) mass is 248 g/mol. The molecule has 90 valence electrons. The van der Waals surface area contributed by atoms with Crippen molar-refractivity contribution in [3.63, 3.8) is 0 Å². The highest BCUT2D eigenvalue weighted by molar-refractivity contribution is 7.79. The van der Waals surface area contributed by atoms with Crippen LogP contribution in [-0.4, -0.2) is 16.9 Å². The van der Waals surface area contributed by atoms with Crippen LogP contribution in [0.4, 0.5) is 0 Å². The molecular weight excluding hydrogens is 232 g/mol. The zero-order valence-electron chi connectivity index (χ0n) is 10.3. The first-order chi connectivity index (χ1) is 8.15. The van der Waals surface area contributed by atoms with Gasteiger partial charge in [0.1, 0.15) is 5.75 Å². The Bertz CT molecular complexity index is 534. The van der Waals surface area contributed by atoms with Crippen molar-refractivity contribution in [2.45, 2.75) is 12.7 Å². The lowest BCUT2D eigenvalue weighted by atomic mass is 10.1. The molecule has 0 radical (unpaired) electrons. The highest BCUT2D eigenvalue weighted by Crippen LogP contribution is 2.26. The van der Waals surface area contributed by atoms with Crippen molar-refractivity contribution in [2.75, 3.05) is 7.11 Å². The van der Waals surface area contributed by atoms with E-state index in [1.165, 1.54) is 0 Å². The SMILES string of the molecule is COc1ccc(-c2cc(CS)nn2C)cc1C. The molecule has 0 aliphatic carbocycles. The average molecular weight is 248 g/mol. The molecule has 4 heteroatoms. The Labute approximate surface area is 107 Å². The summed E-state index contributed by atoms with van der Waals surface area (Å²) in [4.78, 5) is 0. The molecule has 2 aromatic rings. The summed E-state index contributed by atoms with van der Waals surface area (Å²) in [5.74, 6) is 1.56. The van der Waals surface area contributed by atoms with Gasteiger partial charge in [0, 0.05) is 18.4 Å². The number of nitrogens with zero attached hydrogens (tertiary/aromatic N) is 2. The summed E-state index contributed by atoms with van der Waals surface area (Å²) in [6.07, 6.45) is 0. The lowest BCUT2D eigenvalue weighted by Gasteiger charge is -2.07. The van der Waals surface area contributed by atoms with Crippen molar-refractivity contribution >= 4 is 12.6 Å². The molecule has 0 unspecified atom stereocenters. The van der Waals surface area contributed by atoms with E-state index in [1.807, 2.05) is 30.8 Å². The molecule has 2 rings (SSSR count). The summed E-state index contributed by atoms with van der Waals surface area (Å²) in [6.45, 7) is 2.04. The minimum absolute atomic E-state index is 0.656. The topological polar surface area (TPSA) is 27.1 Å².